The van der Waals surface area contributed by atoms with Crippen molar-refractivity contribution >= 4 is 0 Å². The Hall–Kier alpha value is -1.01. The molecule has 0 atom stereocenters. The maximum absolute atomic E-state index is 13.0. The first-order valence-corrected chi connectivity index (χ1v) is 4.30. The lowest BCUT2D eigenvalue weighted by atomic mass is 9.96. The second-order valence-electron chi connectivity index (χ2n) is 3.29. The van der Waals surface area contributed by atoms with Crippen LogP contribution < -0.4 is 0 Å². The van der Waals surface area contributed by atoms with Crippen molar-refractivity contribution in [1.82, 2.24) is 0 Å². The van der Waals surface area contributed by atoms with E-state index in [4.69, 9.17) is 0 Å². The maximum Gasteiger partial charge on any atom is 0.460 e. The van der Waals surface area contributed by atoms with E-state index in [1.807, 2.05) is 0 Å². The first-order valence-electron chi connectivity index (χ1n) is 4.30. The Balaban J connectivity index is 3.10. The van der Waals surface area contributed by atoms with E-state index >= 15 is 0 Å². The number of allylic oxidation sites excluding steroid dienone is 4. The molecule has 7 heteroatoms. The zero-order chi connectivity index (χ0) is 12.6. The highest BCUT2D eigenvalue weighted by Crippen LogP contribution is 2.50. The van der Waals surface area contributed by atoms with E-state index in [9.17, 15) is 30.7 Å². The normalized spacial score (nSPS) is 18.6. The van der Waals surface area contributed by atoms with E-state index in [0.717, 1.165) is 6.08 Å². The van der Waals surface area contributed by atoms with E-state index in [1.54, 1.807) is 0 Å². The van der Waals surface area contributed by atoms with Crippen LogP contribution in [-0.4, -0.2) is 18.0 Å². The third-order valence-electron chi connectivity index (χ3n) is 2.11. The number of hydrogen-bond donors (Lipinski definition) is 0. The molecule has 1 rings (SSSR count). The van der Waals surface area contributed by atoms with E-state index in [2.05, 4.69) is 0 Å². The van der Waals surface area contributed by atoms with Crippen LogP contribution in [0, 0.1) is 0 Å². The topological polar surface area (TPSA) is 0 Å². The molecule has 1 aliphatic rings. The summed E-state index contributed by atoms with van der Waals surface area (Å²) in [5.74, 6) is -11.3. The van der Waals surface area contributed by atoms with Gasteiger partial charge in [0.2, 0.25) is 0 Å². The minimum absolute atomic E-state index is 0.0232. The number of alkyl halides is 7. The number of hydrogen-bond acceptors (Lipinski definition) is 0. The zero-order valence-electron chi connectivity index (χ0n) is 7.79. The largest absolute Gasteiger partial charge is 0.460 e. The van der Waals surface area contributed by atoms with E-state index in [-0.39, 0.29) is 6.42 Å². The number of rotatable bonds is 2. The summed E-state index contributed by atoms with van der Waals surface area (Å²) in [5.41, 5.74) is -1.29. The highest BCUT2D eigenvalue weighted by molar-refractivity contribution is 5.32. The van der Waals surface area contributed by atoms with Crippen molar-refractivity contribution in [3.8, 4) is 0 Å². The molecule has 92 valence electrons. The van der Waals surface area contributed by atoms with Crippen LogP contribution in [-0.2, 0) is 0 Å². The van der Waals surface area contributed by atoms with E-state index in [0.29, 0.717) is 18.6 Å². The Morgan fingerprint density at radius 2 is 1.44 bits per heavy atom. The fourth-order valence-corrected chi connectivity index (χ4v) is 1.21. The van der Waals surface area contributed by atoms with Gasteiger partial charge in [0.05, 0.1) is 0 Å². The van der Waals surface area contributed by atoms with Gasteiger partial charge in [-0.15, -0.1) is 0 Å². The molecule has 0 radical (unpaired) electrons. The Kier molecular flexibility index (Phi) is 3.08. The molecule has 16 heavy (non-hydrogen) atoms. The molecular weight excluding hydrogens is 241 g/mol. The standard InChI is InChI=1S/C9H7F7/c10-7(11,6-4-2-1-3-5-6)8(12,13)9(14,15)16/h2,4-5H,1,3H2. The fourth-order valence-electron chi connectivity index (χ4n) is 1.21. The predicted octanol–water partition coefficient (Wildman–Crippen LogP) is 4.10. The molecule has 0 bridgehead atoms. The fraction of sp³-hybridized carbons (Fsp3) is 0.556. The van der Waals surface area contributed by atoms with E-state index in [1.165, 1.54) is 0 Å². The second kappa shape index (κ2) is 3.78. The summed E-state index contributed by atoms with van der Waals surface area (Å²) >= 11 is 0. The summed E-state index contributed by atoms with van der Waals surface area (Å²) in [6.45, 7) is 0. The lowest BCUT2D eigenvalue weighted by molar-refractivity contribution is -0.343. The van der Waals surface area contributed by atoms with Crippen molar-refractivity contribution in [2.24, 2.45) is 0 Å². The summed E-state index contributed by atoms with van der Waals surface area (Å²) in [6.07, 6.45) is -3.48. The minimum atomic E-state index is -6.28. The third-order valence-corrected chi connectivity index (χ3v) is 2.11. The van der Waals surface area contributed by atoms with E-state index < -0.39 is 23.6 Å². The van der Waals surface area contributed by atoms with Crippen molar-refractivity contribution < 1.29 is 30.7 Å². The molecule has 0 nitrogen and oxygen atoms in total. The van der Waals surface area contributed by atoms with Crippen LogP contribution in [0.5, 0.6) is 0 Å². The van der Waals surface area contributed by atoms with Gasteiger partial charge in [0.1, 0.15) is 0 Å². The van der Waals surface area contributed by atoms with Crippen LogP contribution in [0.3, 0.4) is 0 Å². The summed E-state index contributed by atoms with van der Waals surface area (Å²) in [5, 5.41) is 0. The highest BCUT2D eigenvalue weighted by atomic mass is 19.4. The highest BCUT2D eigenvalue weighted by Gasteiger charge is 2.73. The molecule has 0 heterocycles. The van der Waals surface area contributed by atoms with Gasteiger partial charge in [0.25, 0.3) is 0 Å². The van der Waals surface area contributed by atoms with Crippen LogP contribution >= 0.6 is 0 Å². The molecule has 0 amide bonds. The van der Waals surface area contributed by atoms with Crippen molar-refractivity contribution in [1.29, 1.82) is 0 Å². The molecule has 0 aromatic carbocycles. The molecule has 0 aliphatic heterocycles. The minimum Gasteiger partial charge on any atom is -0.194 e. The van der Waals surface area contributed by atoms with Crippen LogP contribution in [0.1, 0.15) is 12.8 Å². The first-order chi connectivity index (χ1) is 7.11. The lowest BCUT2D eigenvalue weighted by Crippen LogP contribution is -2.52. The van der Waals surface area contributed by atoms with Crippen LogP contribution in [0.25, 0.3) is 0 Å². The van der Waals surface area contributed by atoms with Gasteiger partial charge >= 0.3 is 18.0 Å². The molecule has 0 fully saturated rings. The van der Waals surface area contributed by atoms with Gasteiger partial charge in [-0.05, 0) is 12.8 Å². The van der Waals surface area contributed by atoms with Crippen LogP contribution in [0.15, 0.2) is 23.8 Å². The monoisotopic (exact) mass is 248 g/mol. The average Bonchev–Trinajstić information content (AvgIpc) is 2.17. The molecule has 1 aliphatic carbocycles. The van der Waals surface area contributed by atoms with Gasteiger partial charge in [-0.2, -0.15) is 30.7 Å². The van der Waals surface area contributed by atoms with Crippen LogP contribution in [0.2, 0.25) is 0 Å². The van der Waals surface area contributed by atoms with Gasteiger partial charge in [-0.1, -0.05) is 18.2 Å². The predicted molar refractivity (Wildman–Crippen MR) is 42.4 cm³/mol. The lowest BCUT2D eigenvalue weighted by Gasteiger charge is -2.29. The Morgan fingerprint density at radius 1 is 0.875 bits per heavy atom. The summed E-state index contributed by atoms with van der Waals surface area (Å²) in [6, 6.07) is 0. The van der Waals surface area contributed by atoms with Gasteiger partial charge in [0, 0.05) is 5.57 Å². The van der Waals surface area contributed by atoms with Gasteiger partial charge in [-0.25, -0.2) is 0 Å². The van der Waals surface area contributed by atoms with Crippen molar-refractivity contribution in [2.45, 2.75) is 30.9 Å². The molecule has 0 saturated carbocycles. The maximum atomic E-state index is 13.0. The Bertz CT molecular complexity index is 321. The summed E-state index contributed by atoms with van der Waals surface area (Å²) in [7, 11) is 0. The average molecular weight is 248 g/mol. The molecule has 0 saturated heterocycles. The molecule has 0 aromatic heterocycles. The molecular formula is C9H7F7. The molecule has 0 N–H and O–H groups in total. The number of halogens is 7. The molecule has 0 unspecified atom stereocenters. The van der Waals surface area contributed by atoms with Gasteiger partial charge < -0.3 is 0 Å². The smallest absolute Gasteiger partial charge is 0.194 e. The van der Waals surface area contributed by atoms with Crippen molar-refractivity contribution in [2.75, 3.05) is 0 Å². The zero-order valence-corrected chi connectivity index (χ0v) is 7.79. The van der Waals surface area contributed by atoms with Gasteiger partial charge in [-0.3, -0.25) is 0 Å². The molecule has 0 spiro atoms. The first kappa shape index (κ1) is 13.1. The second-order valence-corrected chi connectivity index (χ2v) is 3.29. The van der Waals surface area contributed by atoms with Crippen molar-refractivity contribution in [3.63, 3.8) is 0 Å². The molecule has 0 aromatic rings. The summed E-state index contributed by atoms with van der Waals surface area (Å²) < 4.78 is 86.5. The quantitative estimate of drug-likeness (QED) is 0.645. The Labute approximate surface area is 86.4 Å². The van der Waals surface area contributed by atoms with Crippen LogP contribution in [0.4, 0.5) is 30.7 Å². The summed E-state index contributed by atoms with van der Waals surface area (Å²) in [4.78, 5) is 0. The SMILES string of the molecule is FC(F)(F)C(F)(F)C(F)(F)C1=CCCC=C1. The van der Waals surface area contributed by atoms with Gasteiger partial charge in [0.15, 0.2) is 0 Å². The Morgan fingerprint density at radius 3 is 1.81 bits per heavy atom. The van der Waals surface area contributed by atoms with Crippen molar-refractivity contribution in [3.05, 3.63) is 23.8 Å². The third kappa shape index (κ3) is 1.94.